The number of rotatable bonds is 6. The molecule has 1 unspecified atom stereocenters. The fourth-order valence-electron chi connectivity index (χ4n) is 1.73. The number of ether oxygens (including phenoxy) is 1. The van der Waals surface area contributed by atoms with Gasteiger partial charge < -0.3 is 15.2 Å². The van der Waals surface area contributed by atoms with E-state index in [2.05, 4.69) is 19.2 Å². The number of hydrogen-bond donors (Lipinski definition) is 2. The van der Waals surface area contributed by atoms with Crippen LogP contribution in [0.5, 0.6) is 5.75 Å². The lowest BCUT2D eigenvalue weighted by Crippen LogP contribution is -2.30. The van der Waals surface area contributed by atoms with Crippen LogP contribution < -0.4 is 10.1 Å². The van der Waals surface area contributed by atoms with Crippen LogP contribution in [0.15, 0.2) is 24.3 Å². The summed E-state index contributed by atoms with van der Waals surface area (Å²) >= 11 is 0. The van der Waals surface area contributed by atoms with Gasteiger partial charge in [0, 0.05) is 6.04 Å². The van der Waals surface area contributed by atoms with Crippen LogP contribution in [0.25, 0.3) is 0 Å². The van der Waals surface area contributed by atoms with Crippen molar-refractivity contribution in [1.82, 2.24) is 5.32 Å². The van der Waals surface area contributed by atoms with Crippen LogP contribution in [0.1, 0.15) is 39.3 Å². The molecule has 0 aliphatic heterocycles. The lowest BCUT2D eigenvalue weighted by atomic mass is 10.1. The molecule has 0 aliphatic rings. The summed E-state index contributed by atoms with van der Waals surface area (Å²) in [6.45, 7) is 8.22. The third kappa shape index (κ3) is 4.75. The van der Waals surface area contributed by atoms with E-state index in [9.17, 15) is 5.11 Å². The molecule has 17 heavy (non-hydrogen) atoms. The van der Waals surface area contributed by atoms with Crippen molar-refractivity contribution in [3.8, 4) is 5.75 Å². The van der Waals surface area contributed by atoms with Gasteiger partial charge in [-0.2, -0.15) is 0 Å². The number of nitrogens with one attached hydrogen (secondary N) is 1. The SMILES string of the molecule is CC(C)NC(CO)c1cccc(OC(C)C)c1. The number of aliphatic hydroxyl groups is 1. The second-order valence-corrected chi connectivity index (χ2v) is 4.80. The molecule has 0 saturated carbocycles. The molecule has 0 saturated heterocycles. The lowest BCUT2D eigenvalue weighted by molar-refractivity contribution is 0.232. The molecule has 3 heteroatoms. The second kappa shape index (κ2) is 6.62. The Balaban J connectivity index is 2.81. The van der Waals surface area contributed by atoms with Gasteiger partial charge in [-0.05, 0) is 31.5 Å². The van der Waals surface area contributed by atoms with Gasteiger partial charge in [-0.3, -0.25) is 0 Å². The Morgan fingerprint density at radius 2 is 1.94 bits per heavy atom. The molecule has 0 aromatic heterocycles. The molecule has 0 aliphatic carbocycles. The molecule has 0 fully saturated rings. The van der Waals surface area contributed by atoms with Crippen LogP contribution in [-0.2, 0) is 0 Å². The van der Waals surface area contributed by atoms with Gasteiger partial charge in [0.15, 0.2) is 0 Å². The normalized spacial score (nSPS) is 13.1. The first-order chi connectivity index (χ1) is 8.02. The van der Waals surface area contributed by atoms with Crippen molar-refractivity contribution in [2.75, 3.05) is 6.61 Å². The maximum Gasteiger partial charge on any atom is 0.120 e. The van der Waals surface area contributed by atoms with E-state index in [1.165, 1.54) is 0 Å². The molecule has 1 aromatic rings. The van der Waals surface area contributed by atoms with Gasteiger partial charge in [-0.25, -0.2) is 0 Å². The molecule has 0 spiro atoms. The minimum Gasteiger partial charge on any atom is -0.491 e. The van der Waals surface area contributed by atoms with Crippen molar-refractivity contribution in [2.24, 2.45) is 0 Å². The third-order valence-electron chi connectivity index (χ3n) is 2.35. The maximum atomic E-state index is 9.40. The maximum absolute atomic E-state index is 9.40. The fourth-order valence-corrected chi connectivity index (χ4v) is 1.73. The molecule has 0 heterocycles. The van der Waals surface area contributed by atoms with Crippen LogP contribution in [-0.4, -0.2) is 23.9 Å². The highest BCUT2D eigenvalue weighted by atomic mass is 16.5. The molecule has 0 radical (unpaired) electrons. The van der Waals surface area contributed by atoms with Crippen molar-refractivity contribution < 1.29 is 9.84 Å². The van der Waals surface area contributed by atoms with Crippen molar-refractivity contribution in [3.05, 3.63) is 29.8 Å². The standard InChI is InChI=1S/C14H23NO2/c1-10(2)15-14(9-16)12-6-5-7-13(8-12)17-11(3)4/h5-8,10-11,14-16H,9H2,1-4H3. The molecule has 1 atom stereocenters. The molecule has 1 rings (SSSR count). The quantitative estimate of drug-likeness (QED) is 0.798. The highest BCUT2D eigenvalue weighted by molar-refractivity contribution is 5.30. The molecule has 0 amide bonds. The zero-order valence-corrected chi connectivity index (χ0v) is 11.1. The molecule has 1 aromatic carbocycles. The topological polar surface area (TPSA) is 41.5 Å². The van der Waals surface area contributed by atoms with Crippen LogP contribution in [0.2, 0.25) is 0 Å². The number of benzene rings is 1. The Morgan fingerprint density at radius 1 is 1.24 bits per heavy atom. The summed E-state index contributed by atoms with van der Waals surface area (Å²) in [6, 6.07) is 8.18. The number of aliphatic hydroxyl groups excluding tert-OH is 1. The first-order valence-corrected chi connectivity index (χ1v) is 6.16. The zero-order valence-electron chi connectivity index (χ0n) is 11.1. The van der Waals surface area contributed by atoms with Crippen LogP contribution in [0, 0.1) is 0 Å². The smallest absolute Gasteiger partial charge is 0.120 e. The first kappa shape index (κ1) is 14.0. The van der Waals surface area contributed by atoms with E-state index in [0.29, 0.717) is 6.04 Å². The van der Waals surface area contributed by atoms with E-state index in [0.717, 1.165) is 11.3 Å². The summed E-state index contributed by atoms with van der Waals surface area (Å²) in [6.07, 6.45) is 0.163. The molecule has 3 nitrogen and oxygen atoms in total. The first-order valence-electron chi connectivity index (χ1n) is 6.16. The van der Waals surface area contributed by atoms with Gasteiger partial charge in [0.2, 0.25) is 0 Å². The van der Waals surface area contributed by atoms with E-state index in [4.69, 9.17) is 4.74 Å². The van der Waals surface area contributed by atoms with Crippen molar-refractivity contribution in [2.45, 2.75) is 45.9 Å². The van der Waals surface area contributed by atoms with Gasteiger partial charge in [-0.15, -0.1) is 0 Å². The number of hydrogen-bond acceptors (Lipinski definition) is 3. The van der Waals surface area contributed by atoms with Gasteiger partial charge in [0.25, 0.3) is 0 Å². The summed E-state index contributed by atoms with van der Waals surface area (Å²) in [7, 11) is 0. The molecule has 96 valence electrons. The van der Waals surface area contributed by atoms with E-state index < -0.39 is 0 Å². The lowest BCUT2D eigenvalue weighted by Gasteiger charge is -2.20. The van der Waals surface area contributed by atoms with Gasteiger partial charge >= 0.3 is 0 Å². The Kier molecular flexibility index (Phi) is 5.45. The average molecular weight is 237 g/mol. The van der Waals surface area contributed by atoms with Crippen molar-refractivity contribution in [3.63, 3.8) is 0 Å². The van der Waals surface area contributed by atoms with E-state index in [1.54, 1.807) is 0 Å². The molecular formula is C14H23NO2. The van der Waals surface area contributed by atoms with Gasteiger partial charge in [0.05, 0.1) is 18.8 Å². The second-order valence-electron chi connectivity index (χ2n) is 4.80. The predicted molar refractivity (Wildman–Crippen MR) is 70.3 cm³/mol. The highest BCUT2D eigenvalue weighted by Crippen LogP contribution is 2.20. The third-order valence-corrected chi connectivity index (χ3v) is 2.35. The Morgan fingerprint density at radius 3 is 2.47 bits per heavy atom. The summed E-state index contributed by atoms with van der Waals surface area (Å²) < 4.78 is 5.65. The summed E-state index contributed by atoms with van der Waals surface area (Å²) in [5, 5.41) is 12.7. The zero-order chi connectivity index (χ0) is 12.8. The van der Waals surface area contributed by atoms with Gasteiger partial charge in [-0.1, -0.05) is 26.0 Å². The Bertz CT molecular complexity index is 337. The van der Waals surface area contributed by atoms with Gasteiger partial charge in [0.1, 0.15) is 5.75 Å². The Labute approximate surface area is 104 Å². The Hall–Kier alpha value is -1.06. The minimum absolute atomic E-state index is 0.0364. The van der Waals surface area contributed by atoms with Crippen LogP contribution in [0.4, 0.5) is 0 Å². The van der Waals surface area contributed by atoms with Crippen molar-refractivity contribution in [1.29, 1.82) is 0 Å². The minimum atomic E-state index is -0.0364. The molecule has 2 N–H and O–H groups in total. The van der Waals surface area contributed by atoms with Crippen LogP contribution >= 0.6 is 0 Å². The van der Waals surface area contributed by atoms with Crippen LogP contribution in [0.3, 0.4) is 0 Å². The predicted octanol–water partition coefficient (Wildman–Crippen LogP) is 2.51. The summed E-state index contributed by atoms with van der Waals surface area (Å²) in [5.41, 5.74) is 1.05. The monoisotopic (exact) mass is 237 g/mol. The van der Waals surface area contributed by atoms with Crippen molar-refractivity contribution >= 4 is 0 Å². The van der Waals surface area contributed by atoms with E-state index >= 15 is 0 Å². The summed E-state index contributed by atoms with van der Waals surface area (Å²) in [5.74, 6) is 0.849. The molecule has 0 bridgehead atoms. The summed E-state index contributed by atoms with van der Waals surface area (Å²) in [4.78, 5) is 0. The van der Waals surface area contributed by atoms with E-state index in [1.807, 2.05) is 38.1 Å². The largest absolute Gasteiger partial charge is 0.491 e. The molecular weight excluding hydrogens is 214 g/mol. The fraction of sp³-hybridized carbons (Fsp3) is 0.571. The average Bonchev–Trinajstić information content (AvgIpc) is 2.25. The van der Waals surface area contributed by atoms with E-state index in [-0.39, 0.29) is 18.8 Å². The highest BCUT2D eigenvalue weighted by Gasteiger charge is 2.12.